The van der Waals surface area contributed by atoms with Crippen molar-refractivity contribution in [2.45, 2.75) is 169 Å². The van der Waals surface area contributed by atoms with Crippen LogP contribution in [0.2, 0.25) is 0 Å². The summed E-state index contributed by atoms with van der Waals surface area (Å²) in [5.74, 6) is 2.08. The van der Waals surface area contributed by atoms with Gasteiger partial charge in [-0.1, -0.05) is 149 Å². The van der Waals surface area contributed by atoms with E-state index < -0.39 is 0 Å². The van der Waals surface area contributed by atoms with Crippen molar-refractivity contribution in [3.8, 4) is 0 Å². The van der Waals surface area contributed by atoms with E-state index in [1.807, 2.05) is 0 Å². The molecule has 0 bridgehead atoms. The van der Waals surface area contributed by atoms with Crippen LogP contribution in [0.3, 0.4) is 0 Å². The first-order chi connectivity index (χ1) is 17.1. The molecule has 0 N–H and O–H groups in total. The van der Waals surface area contributed by atoms with Crippen LogP contribution in [0.15, 0.2) is 24.3 Å². The van der Waals surface area contributed by atoms with Crippen LogP contribution >= 0.6 is 11.8 Å². The fraction of sp³-hybridized carbons (Fsp3) is 0.684. The van der Waals surface area contributed by atoms with Crippen molar-refractivity contribution in [2.75, 3.05) is 0 Å². The van der Waals surface area contributed by atoms with Gasteiger partial charge in [-0.05, 0) is 77.0 Å². The Kier molecular flexibility index (Phi) is 9.49. The predicted molar refractivity (Wildman–Crippen MR) is 180 cm³/mol. The summed E-state index contributed by atoms with van der Waals surface area (Å²) in [6.07, 6.45) is 0. The quantitative estimate of drug-likeness (QED) is 0.365. The maximum absolute atomic E-state index is 2.52. The number of benzene rings is 2. The fourth-order valence-electron chi connectivity index (χ4n) is 5.45. The summed E-state index contributed by atoms with van der Waals surface area (Å²) in [7, 11) is 0. The Morgan fingerprint density at radius 1 is 0.359 bits per heavy atom. The van der Waals surface area contributed by atoms with E-state index in [4.69, 9.17) is 0 Å². The van der Waals surface area contributed by atoms with Crippen LogP contribution in [0.25, 0.3) is 0 Å². The summed E-state index contributed by atoms with van der Waals surface area (Å²) in [6, 6.07) is 10.1. The molecule has 2 rings (SSSR count). The van der Waals surface area contributed by atoms with Crippen molar-refractivity contribution < 1.29 is 0 Å². The lowest BCUT2D eigenvalue weighted by Gasteiger charge is -2.35. The van der Waals surface area contributed by atoms with Crippen molar-refractivity contribution in [3.05, 3.63) is 68.8 Å². The molecule has 0 saturated heterocycles. The monoisotopic (exact) mass is 550 g/mol. The molecule has 0 aliphatic heterocycles. The minimum Gasteiger partial charge on any atom is -0.152 e. The number of hydrogen-bond donors (Lipinski definition) is 0. The highest BCUT2D eigenvalue weighted by molar-refractivity contribution is 7.97. The molecule has 0 radical (unpaired) electrons. The fourth-order valence-corrected chi connectivity index (χ4v) is 6.59. The van der Waals surface area contributed by atoms with Crippen LogP contribution in [0.4, 0.5) is 0 Å². The summed E-state index contributed by atoms with van der Waals surface area (Å²) in [4.78, 5) is 0. The molecule has 0 nitrogen and oxygen atoms in total. The van der Waals surface area contributed by atoms with Crippen LogP contribution < -0.4 is 0 Å². The second-order valence-corrected chi connectivity index (χ2v) is 19.1. The van der Waals surface area contributed by atoms with Crippen molar-refractivity contribution in [3.63, 3.8) is 0 Å². The van der Waals surface area contributed by atoms with Crippen LogP contribution in [0, 0.1) is 0 Å². The normalized spacial score (nSPS) is 14.2. The highest BCUT2D eigenvalue weighted by Gasteiger charge is 2.31. The van der Waals surface area contributed by atoms with Crippen LogP contribution in [-0.4, -0.2) is 0 Å². The highest BCUT2D eigenvalue weighted by Crippen LogP contribution is 2.43. The molecule has 39 heavy (non-hydrogen) atoms. The Labute approximate surface area is 248 Å². The molecule has 0 aromatic heterocycles. The molecular weight excluding hydrogens is 488 g/mol. The summed E-state index contributed by atoms with van der Waals surface area (Å²) in [5.41, 5.74) is 12.7. The average Bonchev–Trinajstić information content (AvgIpc) is 2.68. The Morgan fingerprint density at radius 3 is 0.718 bits per heavy atom. The van der Waals surface area contributed by atoms with Crippen molar-refractivity contribution >= 4 is 11.8 Å². The Balaban J connectivity index is 2.71. The van der Waals surface area contributed by atoms with Gasteiger partial charge >= 0.3 is 0 Å². The van der Waals surface area contributed by atoms with Gasteiger partial charge in [-0.15, -0.1) is 0 Å². The van der Waals surface area contributed by atoms with Crippen molar-refractivity contribution in [2.24, 2.45) is 0 Å². The summed E-state index contributed by atoms with van der Waals surface area (Å²) in [6.45, 7) is 42.7. The Hall–Kier alpha value is -1.21. The van der Waals surface area contributed by atoms with E-state index in [0.717, 1.165) is 11.5 Å². The van der Waals surface area contributed by atoms with Gasteiger partial charge in [0.05, 0.1) is 0 Å². The van der Waals surface area contributed by atoms with Gasteiger partial charge < -0.3 is 0 Å². The zero-order valence-corrected chi connectivity index (χ0v) is 29.9. The van der Waals surface area contributed by atoms with E-state index in [1.165, 1.54) is 33.4 Å². The molecule has 0 aliphatic rings. The third-order valence-corrected chi connectivity index (χ3v) is 8.94. The van der Waals surface area contributed by atoms with Gasteiger partial charge in [-0.3, -0.25) is 0 Å². The molecule has 0 saturated carbocycles. The van der Waals surface area contributed by atoms with E-state index in [-0.39, 0.29) is 32.5 Å². The van der Waals surface area contributed by atoms with Gasteiger partial charge in [-0.2, -0.15) is 11.8 Å². The van der Waals surface area contributed by atoms with Gasteiger partial charge in [0, 0.05) is 11.5 Å². The molecule has 2 aromatic rings. The SMILES string of the molecule is CC(C)(C)c1cc(C(C)(C)C)c(CSCc2c(C(C)(C)C)cc(C(C)(C)C)cc2C(C)(C)C)c(C(C)(C)C)c1. The van der Waals surface area contributed by atoms with Gasteiger partial charge in [0.2, 0.25) is 0 Å². The molecule has 1 heteroatoms. The molecule has 0 atom stereocenters. The second-order valence-electron chi connectivity index (χ2n) is 18.1. The lowest BCUT2D eigenvalue weighted by molar-refractivity contribution is 0.542. The van der Waals surface area contributed by atoms with Crippen molar-refractivity contribution in [1.29, 1.82) is 0 Å². The largest absolute Gasteiger partial charge is 0.152 e. The van der Waals surface area contributed by atoms with Crippen LogP contribution in [0.5, 0.6) is 0 Å². The summed E-state index contributed by atoms with van der Waals surface area (Å²) >= 11 is 2.11. The molecular formula is C38H62S. The number of thioether (sulfide) groups is 1. The van der Waals surface area contributed by atoms with E-state index in [2.05, 4.69) is 161 Å². The first-order valence-electron chi connectivity index (χ1n) is 15.1. The molecule has 0 spiro atoms. The topological polar surface area (TPSA) is 0 Å². The van der Waals surface area contributed by atoms with E-state index in [1.54, 1.807) is 11.1 Å². The third kappa shape index (κ3) is 8.40. The van der Waals surface area contributed by atoms with E-state index in [9.17, 15) is 0 Å². The maximum atomic E-state index is 2.52. The predicted octanol–water partition coefficient (Wildman–Crippen LogP) is 11.9. The van der Waals surface area contributed by atoms with Gasteiger partial charge in [0.25, 0.3) is 0 Å². The van der Waals surface area contributed by atoms with Crippen LogP contribution in [-0.2, 0) is 44.0 Å². The standard InChI is InChI=1S/C38H62S/c1-33(2,3)25-19-29(35(7,8)9)27(30(20-25)36(10,11)12)23-39-24-28-31(37(13,14)15)21-26(34(4,5)6)22-32(28)38(16,17)18/h19-22H,23-24H2,1-18H3. The molecule has 2 aromatic carbocycles. The molecule has 220 valence electrons. The summed E-state index contributed by atoms with van der Waals surface area (Å²) in [5, 5.41) is 0. The Morgan fingerprint density at radius 2 is 0.564 bits per heavy atom. The number of hydrogen-bond acceptors (Lipinski definition) is 1. The summed E-state index contributed by atoms with van der Waals surface area (Å²) < 4.78 is 0. The lowest BCUT2D eigenvalue weighted by atomic mass is 9.72. The lowest BCUT2D eigenvalue weighted by Crippen LogP contribution is -2.25. The van der Waals surface area contributed by atoms with Gasteiger partial charge in [0.15, 0.2) is 0 Å². The van der Waals surface area contributed by atoms with E-state index >= 15 is 0 Å². The molecule has 0 amide bonds. The number of rotatable bonds is 4. The maximum Gasteiger partial charge on any atom is 0.0193 e. The highest BCUT2D eigenvalue weighted by atomic mass is 32.2. The molecule has 0 heterocycles. The third-order valence-electron chi connectivity index (χ3n) is 7.96. The zero-order chi connectivity index (χ0) is 30.6. The first kappa shape index (κ1) is 34.0. The van der Waals surface area contributed by atoms with Crippen molar-refractivity contribution in [1.82, 2.24) is 0 Å². The minimum atomic E-state index is 0.0959. The molecule has 0 unspecified atom stereocenters. The minimum absolute atomic E-state index is 0.0959. The molecule has 0 fully saturated rings. The Bertz CT molecular complexity index is 987. The molecule has 0 aliphatic carbocycles. The average molecular weight is 551 g/mol. The van der Waals surface area contributed by atoms with E-state index in [0.29, 0.717) is 0 Å². The van der Waals surface area contributed by atoms with Gasteiger partial charge in [0.1, 0.15) is 0 Å². The second kappa shape index (κ2) is 10.9. The zero-order valence-electron chi connectivity index (χ0n) is 29.1. The van der Waals surface area contributed by atoms with Gasteiger partial charge in [-0.25, -0.2) is 0 Å². The smallest absolute Gasteiger partial charge is 0.0193 e. The first-order valence-corrected chi connectivity index (χ1v) is 16.2. The van der Waals surface area contributed by atoms with Crippen LogP contribution in [0.1, 0.15) is 169 Å².